The van der Waals surface area contributed by atoms with Gasteiger partial charge in [0.15, 0.2) is 0 Å². The fraction of sp³-hybridized carbons (Fsp3) is 0.208. The summed E-state index contributed by atoms with van der Waals surface area (Å²) in [5.41, 5.74) is 5.56. The fourth-order valence-electron chi connectivity index (χ4n) is 3.92. The zero-order valence-corrected chi connectivity index (χ0v) is 16.3. The van der Waals surface area contributed by atoms with Crippen molar-refractivity contribution in [2.45, 2.75) is 19.3 Å². The third-order valence-corrected chi connectivity index (χ3v) is 5.24. The number of ether oxygens (including phenoxy) is 2. The molecule has 1 heterocycles. The van der Waals surface area contributed by atoms with Crippen LogP contribution in [0.2, 0.25) is 0 Å². The van der Waals surface area contributed by atoms with Gasteiger partial charge in [-0.05, 0) is 53.4 Å². The van der Waals surface area contributed by atoms with Gasteiger partial charge in [-0.2, -0.15) is 0 Å². The van der Waals surface area contributed by atoms with Crippen molar-refractivity contribution in [3.63, 3.8) is 0 Å². The number of carbonyl (C=O) groups is 1. The van der Waals surface area contributed by atoms with Crippen molar-refractivity contribution in [2.24, 2.45) is 7.05 Å². The predicted octanol–water partition coefficient (Wildman–Crippen LogP) is 5.17. The number of nitrogens with zero attached hydrogens (tertiary/aromatic N) is 1. The van der Waals surface area contributed by atoms with Gasteiger partial charge in [0.2, 0.25) is 0 Å². The van der Waals surface area contributed by atoms with Gasteiger partial charge in [-0.1, -0.05) is 30.4 Å². The number of allylic oxidation sites excluding steroid dienone is 1. The van der Waals surface area contributed by atoms with Gasteiger partial charge >= 0.3 is 5.97 Å². The highest BCUT2D eigenvalue weighted by molar-refractivity contribution is 5.84. The SMILES string of the molecule is COc1ccc(C2CC=Cc3c2ccc(OC(C)=O)c3-c2cccn2C)cc1. The normalized spacial score (nSPS) is 15.2. The van der Waals surface area contributed by atoms with Crippen LogP contribution in [0, 0.1) is 0 Å². The number of hydrogen-bond acceptors (Lipinski definition) is 3. The standard InChI is InChI=1S/C24H23NO3/c1-16(26)28-23-14-13-20-19(17-9-11-18(27-3)12-10-17)6-4-7-21(20)24(23)22-8-5-15-25(22)2/h4-5,7-15,19H,6H2,1-3H3. The molecule has 3 aromatic rings. The predicted molar refractivity (Wildman–Crippen MR) is 111 cm³/mol. The lowest BCUT2D eigenvalue weighted by Gasteiger charge is -2.26. The van der Waals surface area contributed by atoms with Gasteiger partial charge in [0.05, 0.1) is 12.8 Å². The van der Waals surface area contributed by atoms with Crippen LogP contribution >= 0.6 is 0 Å². The van der Waals surface area contributed by atoms with Gasteiger partial charge in [0, 0.05) is 31.6 Å². The number of aryl methyl sites for hydroxylation is 1. The zero-order chi connectivity index (χ0) is 19.7. The smallest absolute Gasteiger partial charge is 0.308 e. The molecule has 142 valence electrons. The number of esters is 1. The second kappa shape index (κ2) is 7.39. The molecule has 0 amide bonds. The molecule has 1 atom stereocenters. The van der Waals surface area contributed by atoms with Gasteiger partial charge in [0.25, 0.3) is 0 Å². The molecular formula is C24H23NO3. The van der Waals surface area contributed by atoms with E-state index in [0.29, 0.717) is 5.75 Å². The second-order valence-electron chi connectivity index (χ2n) is 7.00. The summed E-state index contributed by atoms with van der Waals surface area (Å²) in [7, 11) is 3.68. The fourth-order valence-corrected chi connectivity index (χ4v) is 3.92. The number of aromatic nitrogens is 1. The molecule has 0 saturated heterocycles. The summed E-state index contributed by atoms with van der Waals surface area (Å²) >= 11 is 0. The topological polar surface area (TPSA) is 40.5 Å². The van der Waals surface area contributed by atoms with E-state index >= 15 is 0 Å². The molecule has 0 N–H and O–H groups in total. The summed E-state index contributed by atoms with van der Waals surface area (Å²) in [5.74, 6) is 1.37. The average Bonchev–Trinajstić information content (AvgIpc) is 3.12. The first-order valence-corrected chi connectivity index (χ1v) is 9.36. The molecule has 1 aliphatic rings. The van der Waals surface area contributed by atoms with Crippen molar-refractivity contribution in [1.29, 1.82) is 0 Å². The number of benzene rings is 2. The maximum atomic E-state index is 11.7. The van der Waals surface area contributed by atoms with Crippen LogP contribution in [0.5, 0.6) is 11.5 Å². The van der Waals surface area contributed by atoms with E-state index in [2.05, 4.69) is 30.4 Å². The highest BCUT2D eigenvalue weighted by atomic mass is 16.5. The van der Waals surface area contributed by atoms with E-state index in [1.165, 1.54) is 18.1 Å². The Bertz CT molecular complexity index is 1040. The number of methoxy groups -OCH3 is 1. The molecule has 0 bridgehead atoms. The summed E-state index contributed by atoms with van der Waals surface area (Å²) in [6.45, 7) is 1.43. The Kier molecular flexibility index (Phi) is 4.78. The van der Waals surface area contributed by atoms with Crippen molar-refractivity contribution in [3.05, 3.63) is 77.5 Å². The number of carbonyl (C=O) groups excluding carboxylic acids is 1. The van der Waals surface area contributed by atoms with E-state index < -0.39 is 0 Å². The molecule has 4 nitrogen and oxygen atoms in total. The van der Waals surface area contributed by atoms with E-state index in [-0.39, 0.29) is 11.9 Å². The molecular weight excluding hydrogens is 350 g/mol. The largest absolute Gasteiger partial charge is 0.497 e. The Hall–Kier alpha value is -3.27. The monoisotopic (exact) mass is 373 g/mol. The molecule has 0 radical (unpaired) electrons. The summed E-state index contributed by atoms with van der Waals surface area (Å²) < 4.78 is 12.9. The molecule has 0 fully saturated rings. The van der Waals surface area contributed by atoms with Crippen LogP contribution in [0.1, 0.15) is 36.0 Å². The van der Waals surface area contributed by atoms with Gasteiger partial charge < -0.3 is 14.0 Å². The third kappa shape index (κ3) is 3.22. The van der Waals surface area contributed by atoms with E-state index in [1.54, 1.807) is 7.11 Å². The summed E-state index contributed by atoms with van der Waals surface area (Å²) in [4.78, 5) is 11.7. The number of rotatable bonds is 4. The third-order valence-electron chi connectivity index (χ3n) is 5.24. The van der Waals surface area contributed by atoms with Crippen LogP contribution in [0.4, 0.5) is 0 Å². The highest BCUT2D eigenvalue weighted by Gasteiger charge is 2.25. The molecule has 0 spiro atoms. The summed E-state index contributed by atoms with van der Waals surface area (Å²) in [6.07, 6.45) is 7.27. The molecule has 2 aromatic carbocycles. The molecule has 1 aliphatic carbocycles. The minimum Gasteiger partial charge on any atom is -0.497 e. The lowest BCUT2D eigenvalue weighted by Crippen LogP contribution is -2.10. The van der Waals surface area contributed by atoms with Crippen LogP contribution in [-0.2, 0) is 11.8 Å². The molecule has 4 rings (SSSR count). The molecule has 0 aliphatic heterocycles. The Morgan fingerprint density at radius 3 is 2.54 bits per heavy atom. The molecule has 1 unspecified atom stereocenters. The Balaban J connectivity index is 1.88. The Morgan fingerprint density at radius 1 is 1.11 bits per heavy atom. The molecule has 1 aromatic heterocycles. The molecule has 28 heavy (non-hydrogen) atoms. The van der Waals surface area contributed by atoms with Gasteiger partial charge in [-0.25, -0.2) is 0 Å². The van der Waals surface area contributed by atoms with E-state index in [1.807, 2.05) is 48.1 Å². The Labute approximate surface area is 165 Å². The van der Waals surface area contributed by atoms with Crippen molar-refractivity contribution >= 4 is 12.0 Å². The van der Waals surface area contributed by atoms with E-state index in [4.69, 9.17) is 9.47 Å². The zero-order valence-electron chi connectivity index (χ0n) is 16.3. The lowest BCUT2D eigenvalue weighted by molar-refractivity contribution is -0.131. The Morgan fingerprint density at radius 2 is 1.89 bits per heavy atom. The minimum atomic E-state index is -0.318. The molecule has 4 heteroatoms. The van der Waals surface area contributed by atoms with Gasteiger partial charge in [-0.15, -0.1) is 0 Å². The second-order valence-corrected chi connectivity index (χ2v) is 7.00. The van der Waals surface area contributed by atoms with Crippen molar-refractivity contribution in [3.8, 4) is 22.8 Å². The van der Waals surface area contributed by atoms with Crippen molar-refractivity contribution in [1.82, 2.24) is 4.57 Å². The summed E-state index contributed by atoms with van der Waals surface area (Å²) in [5, 5.41) is 0. The lowest BCUT2D eigenvalue weighted by atomic mass is 9.80. The van der Waals surface area contributed by atoms with Crippen LogP contribution in [0.15, 0.2) is 60.8 Å². The first kappa shape index (κ1) is 18.1. The maximum Gasteiger partial charge on any atom is 0.308 e. The summed E-state index contributed by atoms with van der Waals surface area (Å²) in [6, 6.07) is 16.3. The van der Waals surface area contributed by atoms with Crippen LogP contribution in [0.25, 0.3) is 17.3 Å². The first-order valence-electron chi connectivity index (χ1n) is 9.36. The van der Waals surface area contributed by atoms with Gasteiger partial charge in [0.1, 0.15) is 11.5 Å². The van der Waals surface area contributed by atoms with E-state index in [9.17, 15) is 4.79 Å². The minimum absolute atomic E-state index is 0.247. The van der Waals surface area contributed by atoms with E-state index in [0.717, 1.165) is 29.0 Å². The number of fused-ring (bicyclic) bond motifs is 1. The van der Waals surface area contributed by atoms with Crippen molar-refractivity contribution in [2.75, 3.05) is 7.11 Å². The average molecular weight is 373 g/mol. The number of hydrogen-bond donors (Lipinski definition) is 0. The first-order chi connectivity index (χ1) is 13.6. The quantitative estimate of drug-likeness (QED) is 0.468. The van der Waals surface area contributed by atoms with Crippen LogP contribution in [0.3, 0.4) is 0 Å². The van der Waals surface area contributed by atoms with Crippen molar-refractivity contribution < 1.29 is 14.3 Å². The molecule has 0 saturated carbocycles. The maximum absolute atomic E-state index is 11.7. The highest BCUT2D eigenvalue weighted by Crippen LogP contribution is 2.44. The van der Waals surface area contributed by atoms with Gasteiger partial charge in [-0.3, -0.25) is 4.79 Å². The van der Waals surface area contributed by atoms with Crippen LogP contribution in [-0.4, -0.2) is 17.6 Å². The van der Waals surface area contributed by atoms with Crippen LogP contribution < -0.4 is 9.47 Å².